The fourth-order valence-corrected chi connectivity index (χ4v) is 3.92. The van der Waals surface area contributed by atoms with E-state index < -0.39 is 11.2 Å². The van der Waals surface area contributed by atoms with E-state index in [1.807, 2.05) is 18.4 Å². The van der Waals surface area contributed by atoms with Gasteiger partial charge in [0.15, 0.2) is 0 Å². The van der Waals surface area contributed by atoms with Crippen LogP contribution < -0.4 is 20.7 Å². The zero-order chi connectivity index (χ0) is 22.6. The van der Waals surface area contributed by atoms with Crippen LogP contribution in [0.25, 0.3) is 5.69 Å². The lowest BCUT2D eigenvalue weighted by molar-refractivity contribution is 0.392. The molecule has 0 aliphatic rings. The van der Waals surface area contributed by atoms with Crippen LogP contribution in [-0.4, -0.2) is 22.9 Å². The second-order valence-corrected chi connectivity index (χ2v) is 9.03. The van der Waals surface area contributed by atoms with Crippen LogP contribution in [0, 0.1) is 0 Å². The van der Waals surface area contributed by atoms with Crippen LogP contribution in [0.2, 0.25) is 0 Å². The summed E-state index contributed by atoms with van der Waals surface area (Å²) in [4.78, 5) is 26.2. The Morgan fingerprint density at radius 1 is 1.06 bits per heavy atom. The van der Waals surface area contributed by atoms with Crippen LogP contribution in [0.15, 0.2) is 58.3 Å². The molecule has 0 spiro atoms. The molecule has 0 saturated heterocycles. The molecule has 1 heterocycles. The molecule has 0 amide bonds. The molecule has 1 aromatic heterocycles. The SMILES string of the molecule is COc1c(CCc2ccc(NSC)cc2)cc(-n2ccc(=O)[nH]c2=O)cc1C(C)(C)C. The van der Waals surface area contributed by atoms with Crippen molar-refractivity contribution in [2.24, 2.45) is 0 Å². The number of hydrogen-bond acceptors (Lipinski definition) is 5. The molecule has 3 rings (SSSR count). The molecule has 0 fully saturated rings. The normalized spacial score (nSPS) is 11.4. The monoisotopic (exact) mass is 439 g/mol. The average Bonchev–Trinajstić information content (AvgIpc) is 2.72. The summed E-state index contributed by atoms with van der Waals surface area (Å²) in [5, 5.41) is 0. The van der Waals surface area contributed by atoms with Crippen LogP contribution in [0.3, 0.4) is 0 Å². The van der Waals surface area contributed by atoms with Crippen molar-refractivity contribution in [3.05, 3.63) is 86.2 Å². The Morgan fingerprint density at radius 2 is 1.77 bits per heavy atom. The Labute approximate surface area is 186 Å². The van der Waals surface area contributed by atoms with Gasteiger partial charge in [-0.3, -0.25) is 14.3 Å². The summed E-state index contributed by atoms with van der Waals surface area (Å²) in [6.07, 6.45) is 5.10. The average molecular weight is 440 g/mol. The predicted octanol–water partition coefficient (Wildman–Crippen LogP) is 4.31. The molecule has 0 unspecified atom stereocenters. The third-order valence-electron chi connectivity index (χ3n) is 5.12. The summed E-state index contributed by atoms with van der Waals surface area (Å²) in [6, 6.07) is 13.7. The number of aryl methyl sites for hydroxylation is 2. The molecule has 0 atom stereocenters. The van der Waals surface area contributed by atoms with Gasteiger partial charge in [0.1, 0.15) is 5.75 Å². The minimum absolute atomic E-state index is 0.187. The Kier molecular flexibility index (Phi) is 6.95. The number of H-pyrrole nitrogens is 1. The first kappa shape index (κ1) is 22.7. The van der Waals surface area contributed by atoms with Crippen molar-refractivity contribution in [1.82, 2.24) is 9.55 Å². The maximum absolute atomic E-state index is 12.4. The minimum atomic E-state index is -0.458. The van der Waals surface area contributed by atoms with Gasteiger partial charge >= 0.3 is 5.69 Å². The maximum atomic E-state index is 12.4. The van der Waals surface area contributed by atoms with Gasteiger partial charge in [0.25, 0.3) is 5.56 Å². The first-order chi connectivity index (χ1) is 14.7. The molecule has 3 aromatic rings. The van der Waals surface area contributed by atoms with E-state index in [1.54, 1.807) is 19.1 Å². The van der Waals surface area contributed by atoms with Crippen molar-refractivity contribution in [3.8, 4) is 11.4 Å². The summed E-state index contributed by atoms with van der Waals surface area (Å²) in [7, 11) is 1.68. The van der Waals surface area contributed by atoms with E-state index in [-0.39, 0.29) is 5.41 Å². The number of nitrogens with zero attached hydrogens (tertiary/aromatic N) is 1. The van der Waals surface area contributed by atoms with Gasteiger partial charge in [-0.05, 0) is 53.6 Å². The zero-order valence-electron chi connectivity index (χ0n) is 18.6. The summed E-state index contributed by atoms with van der Waals surface area (Å²) in [5.74, 6) is 0.842. The lowest BCUT2D eigenvalue weighted by Crippen LogP contribution is -2.28. The number of benzene rings is 2. The van der Waals surface area contributed by atoms with Crippen molar-refractivity contribution in [3.63, 3.8) is 0 Å². The summed E-state index contributed by atoms with van der Waals surface area (Å²) in [5.41, 5.74) is 3.98. The van der Waals surface area contributed by atoms with Crippen molar-refractivity contribution in [2.45, 2.75) is 39.0 Å². The molecule has 31 heavy (non-hydrogen) atoms. The van der Waals surface area contributed by atoms with Crippen LogP contribution in [0.1, 0.15) is 37.5 Å². The van der Waals surface area contributed by atoms with E-state index in [4.69, 9.17) is 4.74 Å². The first-order valence-corrected chi connectivity index (χ1v) is 11.4. The Bertz CT molecular complexity index is 1160. The second kappa shape index (κ2) is 9.47. The third-order valence-corrected chi connectivity index (χ3v) is 5.56. The molecule has 0 aliphatic heterocycles. The molecular weight excluding hydrogens is 410 g/mol. The van der Waals surface area contributed by atoms with Crippen LogP contribution in [0.5, 0.6) is 5.75 Å². The maximum Gasteiger partial charge on any atom is 0.332 e. The van der Waals surface area contributed by atoms with Crippen molar-refractivity contribution in [1.29, 1.82) is 0 Å². The zero-order valence-corrected chi connectivity index (χ0v) is 19.4. The number of rotatable bonds is 7. The number of hydrogen-bond donors (Lipinski definition) is 2. The molecule has 0 bridgehead atoms. The molecule has 2 N–H and O–H groups in total. The number of ether oxygens (including phenoxy) is 1. The van der Waals surface area contributed by atoms with Crippen molar-refractivity contribution in [2.75, 3.05) is 18.1 Å². The molecule has 0 saturated carbocycles. The largest absolute Gasteiger partial charge is 0.496 e. The minimum Gasteiger partial charge on any atom is -0.496 e. The van der Waals surface area contributed by atoms with E-state index >= 15 is 0 Å². The lowest BCUT2D eigenvalue weighted by atomic mass is 9.84. The molecule has 2 aromatic carbocycles. The predicted molar refractivity (Wildman–Crippen MR) is 129 cm³/mol. The van der Waals surface area contributed by atoms with Crippen LogP contribution in [0.4, 0.5) is 5.69 Å². The number of nitrogens with one attached hydrogen (secondary N) is 2. The highest BCUT2D eigenvalue weighted by Crippen LogP contribution is 2.36. The Balaban J connectivity index is 2.02. The highest BCUT2D eigenvalue weighted by molar-refractivity contribution is 7.99. The van der Waals surface area contributed by atoms with Crippen LogP contribution >= 0.6 is 11.9 Å². The molecular formula is C24H29N3O3S. The third kappa shape index (κ3) is 5.41. The van der Waals surface area contributed by atoms with E-state index in [2.05, 4.69) is 54.7 Å². The van der Waals surface area contributed by atoms with E-state index in [0.29, 0.717) is 5.69 Å². The fourth-order valence-electron chi connectivity index (χ4n) is 3.55. The topological polar surface area (TPSA) is 76.1 Å². The smallest absolute Gasteiger partial charge is 0.332 e. The van der Waals surface area contributed by atoms with Gasteiger partial charge in [-0.2, -0.15) is 0 Å². The standard InChI is InChI=1S/C24H29N3O3S/c1-24(2,3)20-15-19(27-13-12-21(28)25-23(27)29)14-17(22(20)30-4)9-6-16-7-10-18(11-8-16)26-31-5/h7-8,10-15,26H,6,9H2,1-5H3,(H,25,28,29). The first-order valence-electron chi connectivity index (χ1n) is 10.1. The molecule has 6 nitrogen and oxygen atoms in total. The van der Waals surface area contributed by atoms with Gasteiger partial charge in [0.2, 0.25) is 0 Å². The number of aromatic amines is 1. The number of aromatic nitrogens is 2. The van der Waals surface area contributed by atoms with Gasteiger partial charge in [0, 0.05) is 29.8 Å². The van der Waals surface area contributed by atoms with Crippen molar-refractivity contribution >= 4 is 17.6 Å². The molecule has 7 heteroatoms. The molecule has 164 valence electrons. The molecule has 0 aliphatic carbocycles. The number of anilines is 1. The highest BCUT2D eigenvalue weighted by atomic mass is 32.2. The summed E-state index contributed by atoms with van der Waals surface area (Å²) in [6.45, 7) is 6.35. The quantitative estimate of drug-likeness (QED) is 0.537. The Hall–Kier alpha value is -2.93. The van der Waals surface area contributed by atoms with E-state index in [0.717, 1.165) is 35.4 Å². The van der Waals surface area contributed by atoms with Gasteiger partial charge in [-0.25, -0.2) is 4.79 Å². The van der Waals surface area contributed by atoms with E-state index in [9.17, 15) is 9.59 Å². The highest BCUT2D eigenvalue weighted by Gasteiger charge is 2.23. The molecule has 0 radical (unpaired) electrons. The van der Waals surface area contributed by atoms with Gasteiger partial charge < -0.3 is 9.46 Å². The summed E-state index contributed by atoms with van der Waals surface area (Å²) < 4.78 is 10.5. The Morgan fingerprint density at radius 3 is 2.35 bits per heavy atom. The van der Waals surface area contributed by atoms with Crippen molar-refractivity contribution < 1.29 is 4.74 Å². The fraction of sp³-hybridized carbons (Fsp3) is 0.333. The summed E-state index contributed by atoms with van der Waals surface area (Å²) >= 11 is 1.56. The van der Waals surface area contributed by atoms with Gasteiger partial charge in [-0.15, -0.1) is 0 Å². The number of methoxy groups -OCH3 is 1. The van der Waals surface area contributed by atoms with Gasteiger partial charge in [0.05, 0.1) is 12.8 Å². The van der Waals surface area contributed by atoms with Crippen LogP contribution in [-0.2, 0) is 18.3 Å². The van der Waals surface area contributed by atoms with Gasteiger partial charge in [-0.1, -0.05) is 44.9 Å². The lowest BCUT2D eigenvalue weighted by Gasteiger charge is -2.25. The second-order valence-electron chi connectivity index (χ2n) is 8.42. The van der Waals surface area contributed by atoms with E-state index in [1.165, 1.54) is 22.4 Å².